The standard InChI is InChI=1S/C17H32N4O3S.HI/c1-18-17(19-10-6-12-25(2,23)24)20-15-9-11-21(13-15)16(22)14-7-4-3-5-8-14;/h14-15H,3-13H2,1-2H3,(H2,18,19,20);1H. The van der Waals surface area contributed by atoms with E-state index >= 15 is 0 Å². The Balaban J connectivity index is 0.00000338. The zero-order valence-electron chi connectivity index (χ0n) is 15.9. The van der Waals surface area contributed by atoms with Crippen molar-refractivity contribution < 1.29 is 13.2 Å². The number of nitrogens with one attached hydrogen (secondary N) is 2. The monoisotopic (exact) mass is 500 g/mol. The van der Waals surface area contributed by atoms with Crippen LogP contribution in [0.4, 0.5) is 0 Å². The lowest BCUT2D eigenvalue weighted by Crippen LogP contribution is -2.46. The topological polar surface area (TPSA) is 90.9 Å². The Morgan fingerprint density at radius 3 is 2.50 bits per heavy atom. The highest BCUT2D eigenvalue weighted by atomic mass is 127. The molecule has 2 N–H and O–H groups in total. The van der Waals surface area contributed by atoms with Crippen LogP contribution in [0.1, 0.15) is 44.9 Å². The average Bonchev–Trinajstić information content (AvgIpc) is 3.05. The number of sulfone groups is 1. The molecule has 26 heavy (non-hydrogen) atoms. The van der Waals surface area contributed by atoms with Crippen molar-refractivity contribution in [3.63, 3.8) is 0 Å². The molecule has 1 unspecified atom stereocenters. The Bertz CT molecular complexity index is 577. The molecule has 1 atom stereocenters. The van der Waals surface area contributed by atoms with Crippen LogP contribution in [0.15, 0.2) is 4.99 Å². The van der Waals surface area contributed by atoms with Crippen molar-refractivity contribution in [3.05, 3.63) is 0 Å². The molecule has 0 aromatic heterocycles. The molecule has 1 amide bonds. The van der Waals surface area contributed by atoms with Crippen LogP contribution >= 0.6 is 24.0 Å². The molecule has 1 saturated carbocycles. The molecule has 0 radical (unpaired) electrons. The van der Waals surface area contributed by atoms with Gasteiger partial charge in [0.25, 0.3) is 0 Å². The minimum absolute atomic E-state index is 0. The van der Waals surface area contributed by atoms with E-state index < -0.39 is 9.84 Å². The lowest BCUT2D eigenvalue weighted by Gasteiger charge is -2.26. The van der Waals surface area contributed by atoms with Gasteiger partial charge in [-0.15, -0.1) is 24.0 Å². The van der Waals surface area contributed by atoms with Gasteiger partial charge in [-0.05, 0) is 25.7 Å². The van der Waals surface area contributed by atoms with Gasteiger partial charge in [0.15, 0.2) is 5.96 Å². The number of likely N-dealkylation sites (tertiary alicyclic amines) is 1. The molecule has 2 fully saturated rings. The van der Waals surface area contributed by atoms with Crippen molar-refractivity contribution in [2.24, 2.45) is 10.9 Å². The zero-order chi connectivity index (χ0) is 18.3. The number of halogens is 1. The van der Waals surface area contributed by atoms with Gasteiger partial charge < -0.3 is 15.5 Å². The maximum absolute atomic E-state index is 12.6. The number of hydrogen-bond acceptors (Lipinski definition) is 4. The summed E-state index contributed by atoms with van der Waals surface area (Å²) < 4.78 is 22.3. The number of guanidine groups is 1. The van der Waals surface area contributed by atoms with Gasteiger partial charge in [0.2, 0.25) is 5.91 Å². The van der Waals surface area contributed by atoms with E-state index in [1.54, 1.807) is 7.05 Å². The third-order valence-electron chi connectivity index (χ3n) is 5.00. The molecule has 9 heteroatoms. The van der Waals surface area contributed by atoms with Gasteiger partial charge in [-0.1, -0.05) is 19.3 Å². The fraction of sp³-hybridized carbons (Fsp3) is 0.882. The third-order valence-corrected chi connectivity index (χ3v) is 6.03. The SMILES string of the molecule is CN=C(NCCCS(C)(=O)=O)NC1CCN(C(=O)C2CCCCC2)C1.I. The van der Waals surface area contributed by atoms with Crippen LogP contribution in [0.25, 0.3) is 0 Å². The fourth-order valence-corrected chi connectivity index (χ4v) is 4.28. The van der Waals surface area contributed by atoms with E-state index in [4.69, 9.17) is 0 Å². The fourth-order valence-electron chi connectivity index (χ4n) is 3.62. The highest BCUT2D eigenvalue weighted by Crippen LogP contribution is 2.26. The Morgan fingerprint density at radius 2 is 1.88 bits per heavy atom. The normalized spacial score (nSPS) is 22.0. The molecule has 152 valence electrons. The van der Waals surface area contributed by atoms with Crippen LogP contribution < -0.4 is 10.6 Å². The van der Waals surface area contributed by atoms with Crippen molar-refractivity contribution >= 4 is 45.7 Å². The molecular weight excluding hydrogens is 467 g/mol. The average molecular weight is 500 g/mol. The van der Waals surface area contributed by atoms with Gasteiger partial charge >= 0.3 is 0 Å². The number of carbonyl (C=O) groups is 1. The molecule has 0 aromatic rings. The minimum atomic E-state index is -2.92. The van der Waals surface area contributed by atoms with Crippen LogP contribution in [0.2, 0.25) is 0 Å². The van der Waals surface area contributed by atoms with E-state index in [1.807, 2.05) is 4.90 Å². The van der Waals surface area contributed by atoms with E-state index in [2.05, 4.69) is 15.6 Å². The number of aliphatic imine (C=N–C) groups is 1. The minimum Gasteiger partial charge on any atom is -0.356 e. The summed E-state index contributed by atoms with van der Waals surface area (Å²) >= 11 is 0. The molecule has 2 aliphatic rings. The maximum atomic E-state index is 12.6. The second-order valence-corrected chi connectivity index (χ2v) is 9.49. The first-order valence-corrected chi connectivity index (χ1v) is 11.4. The Labute approximate surface area is 174 Å². The number of nitrogens with zero attached hydrogens (tertiary/aromatic N) is 2. The van der Waals surface area contributed by atoms with Crippen molar-refractivity contribution in [3.8, 4) is 0 Å². The van der Waals surface area contributed by atoms with Gasteiger partial charge in [0.1, 0.15) is 9.84 Å². The Morgan fingerprint density at radius 1 is 1.19 bits per heavy atom. The maximum Gasteiger partial charge on any atom is 0.225 e. The number of carbonyl (C=O) groups excluding carboxylic acids is 1. The summed E-state index contributed by atoms with van der Waals surface area (Å²) in [6.07, 6.45) is 8.41. The first-order valence-electron chi connectivity index (χ1n) is 9.33. The van der Waals surface area contributed by atoms with Gasteiger partial charge in [-0.25, -0.2) is 8.42 Å². The molecule has 0 spiro atoms. The van der Waals surface area contributed by atoms with Gasteiger partial charge in [0.05, 0.1) is 5.75 Å². The highest BCUT2D eigenvalue weighted by Gasteiger charge is 2.31. The van der Waals surface area contributed by atoms with E-state index in [0.29, 0.717) is 24.8 Å². The summed E-state index contributed by atoms with van der Waals surface area (Å²) in [6.45, 7) is 2.08. The first kappa shape index (κ1) is 23.5. The predicted molar refractivity (Wildman–Crippen MR) is 116 cm³/mol. The Kier molecular flexibility index (Phi) is 10.2. The molecule has 1 saturated heterocycles. The van der Waals surface area contributed by atoms with Gasteiger partial charge in [-0.2, -0.15) is 0 Å². The van der Waals surface area contributed by atoms with Crippen LogP contribution in [-0.2, 0) is 14.6 Å². The predicted octanol–water partition coefficient (Wildman–Crippen LogP) is 1.39. The molecule has 1 heterocycles. The summed E-state index contributed by atoms with van der Waals surface area (Å²) in [6, 6.07) is 0.202. The second kappa shape index (κ2) is 11.3. The molecule has 1 aliphatic carbocycles. The van der Waals surface area contributed by atoms with Gasteiger partial charge in [-0.3, -0.25) is 9.79 Å². The summed E-state index contributed by atoms with van der Waals surface area (Å²) in [5, 5.41) is 6.49. The summed E-state index contributed by atoms with van der Waals surface area (Å²) in [5.41, 5.74) is 0. The summed E-state index contributed by atoms with van der Waals surface area (Å²) in [4.78, 5) is 18.8. The van der Waals surface area contributed by atoms with Crippen LogP contribution in [0.3, 0.4) is 0 Å². The van der Waals surface area contributed by atoms with Gasteiger partial charge in [0, 0.05) is 44.9 Å². The van der Waals surface area contributed by atoms with Crippen LogP contribution in [0, 0.1) is 5.92 Å². The lowest BCUT2D eigenvalue weighted by molar-refractivity contribution is -0.135. The first-order chi connectivity index (χ1) is 11.9. The quantitative estimate of drug-likeness (QED) is 0.249. The largest absolute Gasteiger partial charge is 0.356 e. The summed E-state index contributed by atoms with van der Waals surface area (Å²) in [7, 11) is -1.22. The lowest BCUT2D eigenvalue weighted by atomic mass is 9.88. The molecule has 2 rings (SSSR count). The zero-order valence-corrected chi connectivity index (χ0v) is 19.0. The third kappa shape index (κ3) is 7.98. The van der Waals surface area contributed by atoms with E-state index in [9.17, 15) is 13.2 Å². The van der Waals surface area contributed by atoms with E-state index in [1.165, 1.54) is 25.5 Å². The van der Waals surface area contributed by atoms with Crippen LogP contribution in [-0.4, -0.2) is 69.9 Å². The van der Waals surface area contributed by atoms with Crippen molar-refractivity contribution in [1.29, 1.82) is 0 Å². The summed E-state index contributed by atoms with van der Waals surface area (Å²) in [5.74, 6) is 1.39. The second-order valence-electron chi connectivity index (χ2n) is 7.23. The molecule has 7 nitrogen and oxygen atoms in total. The van der Waals surface area contributed by atoms with E-state index in [-0.39, 0.29) is 41.7 Å². The van der Waals surface area contributed by atoms with Crippen molar-refractivity contribution in [2.75, 3.05) is 38.7 Å². The molecule has 0 bridgehead atoms. The smallest absolute Gasteiger partial charge is 0.225 e. The Hall–Kier alpha value is -0.580. The highest BCUT2D eigenvalue weighted by molar-refractivity contribution is 14.0. The number of hydrogen-bond donors (Lipinski definition) is 2. The number of amides is 1. The van der Waals surface area contributed by atoms with Crippen molar-refractivity contribution in [2.45, 2.75) is 51.0 Å². The number of rotatable bonds is 6. The molecular formula is C17H33IN4O3S. The van der Waals surface area contributed by atoms with E-state index in [0.717, 1.165) is 32.4 Å². The van der Waals surface area contributed by atoms with Crippen LogP contribution in [0.5, 0.6) is 0 Å². The molecule has 0 aromatic carbocycles. The van der Waals surface area contributed by atoms with Crippen molar-refractivity contribution in [1.82, 2.24) is 15.5 Å². The molecule has 1 aliphatic heterocycles.